The Balaban J connectivity index is 1.84. The first kappa shape index (κ1) is 10.5. The minimum atomic E-state index is -0.160. The lowest BCUT2D eigenvalue weighted by molar-refractivity contribution is 0.626. The highest BCUT2D eigenvalue weighted by Crippen LogP contribution is 2.30. The SMILES string of the molecule is Nc1ncc(CN2CCc3cc(F)ccc32)s1. The summed E-state index contributed by atoms with van der Waals surface area (Å²) in [6.07, 6.45) is 2.71. The van der Waals surface area contributed by atoms with Crippen LogP contribution in [0.4, 0.5) is 15.2 Å². The van der Waals surface area contributed by atoms with Crippen LogP contribution in [0.2, 0.25) is 0 Å². The summed E-state index contributed by atoms with van der Waals surface area (Å²) in [5.41, 5.74) is 7.82. The van der Waals surface area contributed by atoms with Crippen molar-refractivity contribution in [1.82, 2.24) is 4.98 Å². The average molecular weight is 249 g/mol. The quantitative estimate of drug-likeness (QED) is 0.888. The van der Waals surface area contributed by atoms with E-state index in [1.807, 2.05) is 12.3 Å². The molecule has 0 atom stereocenters. The van der Waals surface area contributed by atoms with Crippen molar-refractivity contribution in [1.29, 1.82) is 0 Å². The molecule has 17 heavy (non-hydrogen) atoms. The third-order valence-corrected chi connectivity index (χ3v) is 3.76. The molecule has 0 radical (unpaired) electrons. The van der Waals surface area contributed by atoms with Crippen LogP contribution >= 0.6 is 11.3 Å². The highest BCUT2D eigenvalue weighted by Gasteiger charge is 2.20. The van der Waals surface area contributed by atoms with Gasteiger partial charge in [0, 0.05) is 23.3 Å². The van der Waals surface area contributed by atoms with E-state index in [0.717, 1.165) is 35.6 Å². The largest absolute Gasteiger partial charge is 0.375 e. The lowest BCUT2D eigenvalue weighted by Crippen LogP contribution is -2.18. The molecule has 1 aliphatic heterocycles. The van der Waals surface area contributed by atoms with E-state index in [-0.39, 0.29) is 5.82 Å². The van der Waals surface area contributed by atoms with E-state index < -0.39 is 0 Å². The number of halogens is 1. The monoisotopic (exact) mass is 249 g/mol. The van der Waals surface area contributed by atoms with Gasteiger partial charge in [-0.3, -0.25) is 0 Å². The number of thiazole rings is 1. The second kappa shape index (κ2) is 4.00. The summed E-state index contributed by atoms with van der Waals surface area (Å²) >= 11 is 1.50. The Labute approximate surface area is 103 Å². The summed E-state index contributed by atoms with van der Waals surface area (Å²) in [6, 6.07) is 4.98. The number of benzene rings is 1. The van der Waals surface area contributed by atoms with Crippen molar-refractivity contribution in [2.45, 2.75) is 13.0 Å². The number of hydrogen-bond donors (Lipinski definition) is 1. The predicted octanol–water partition coefficient (Wildman–Crippen LogP) is 2.43. The fourth-order valence-corrected chi connectivity index (χ4v) is 2.89. The lowest BCUT2D eigenvalue weighted by atomic mass is 10.2. The normalized spacial score (nSPS) is 14.1. The molecule has 3 nitrogen and oxygen atoms in total. The van der Waals surface area contributed by atoms with Gasteiger partial charge < -0.3 is 10.6 Å². The molecule has 0 saturated heterocycles. The molecule has 3 rings (SSSR count). The molecular formula is C12H12FN3S. The molecule has 0 saturated carbocycles. The average Bonchev–Trinajstić information content (AvgIpc) is 2.86. The van der Waals surface area contributed by atoms with E-state index in [1.165, 1.54) is 17.4 Å². The van der Waals surface area contributed by atoms with Crippen molar-refractivity contribution in [3.63, 3.8) is 0 Å². The summed E-state index contributed by atoms with van der Waals surface area (Å²) in [6.45, 7) is 1.73. The number of nitrogens with zero attached hydrogens (tertiary/aromatic N) is 2. The first-order valence-electron chi connectivity index (χ1n) is 5.46. The lowest BCUT2D eigenvalue weighted by Gasteiger charge is -2.17. The number of aromatic nitrogens is 1. The number of nitrogens with two attached hydrogens (primary N) is 1. The third-order valence-electron chi connectivity index (χ3n) is 2.95. The maximum Gasteiger partial charge on any atom is 0.180 e. The Morgan fingerprint density at radius 1 is 1.47 bits per heavy atom. The van der Waals surface area contributed by atoms with Gasteiger partial charge in [-0.15, -0.1) is 11.3 Å². The van der Waals surface area contributed by atoms with Crippen molar-refractivity contribution in [3.05, 3.63) is 40.7 Å². The van der Waals surface area contributed by atoms with Gasteiger partial charge in [0.05, 0.1) is 6.54 Å². The van der Waals surface area contributed by atoms with Gasteiger partial charge in [-0.05, 0) is 30.2 Å². The van der Waals surface area contributed by atoms with Crippen LogP contribution < -0.4 is 10.6 Å². The fourth-order valence-electron chi connectivity index (χ4n) is 2.19. The van der Waals surface area contributed by atoms with Crippen molar-refractivity contribution in [3.8, 4) is 0 Å². The zero-order chi connectivity index (χ0) is 11.8. The van der Waals surface area contributed by atoms with Gasteiger partial charge >= 0.3 is 0 Å². The molecule has 0 spiro atoms. The number of fused-ring (bicyclic) bond motifs is 1. The van der Waals surface area contributed by atoms with E-state index in [9.17, 15) is 4.39 Å². The van der Waals surface area contributed by atoms with E-state index in [2.05, 4.69) is 9.88 Å². The molecule has 1 aliphatic rings. The molecule has 0 fully saturated rings. The zero-order valence-corrected chi connectivity index (χ0v) is 10.0. The summed E-state index contributed by atoms with van der Waals surface area (Å²) in [5, 5.41) is 0.596. The fraction of sp³-hybridized carbons (Fsp3) is 0.250. The second-order valence-electron chi connectivity index (χ2n) is 4.11. The summed E-state index contributed by atoms with van der Waals surface area (Å²) in [4.78, 5) is 7.41. The standard InChI is InChI=1S/C12H12FN3S/c13-9-1-2-11-8(5-9)3-4-16(11)7-10-6-15-12(14)17-10/h1-2,5-6H,3-4,7H2,(H2,14,15). The number of hydrogen-bond acceptors (Lipinski definition) is 4. The molecule has 2 heterocycles. The summed E-state index contributed by atoms with van der Waals surface area (Å²) in [5.74, 6) is -0.160. The van der Waals surface area contributed by atoms with Crippen LogP contribution in [0.3, 0.4) is 0 Å². The molecule has 0 unspecified atom stereocenters. The smallest absolute Gasteiger partial charge is 0.180 e. The Bertz CT molecular complexity index is 552. The Morgan fingerprint density at radius 2 is 2.35 bits per heavy atom. The van der Waals surface area contributed by atoms with Gasteiger partial charge in [0.25, 0.3) is 0 Å². The molecule has 0 amide bonds. The van der Waals surface area contributed by atoms with Gasteiger partial charge in [-0.25, -0.2) is 9.37 Å². The van der Waals surface area contributed by atoms with E-state index in [4.69, 9.17) is 5.73 Å². The van der Waals surface area contributed by atoms with Crippen LogP contribution in [-0.2, 0) is 13.0 Å². The van der Waals surface area contributed by atoms with Gasteiger partial charge in [-0.1, -0.05) is 0 Å². The van der Waals surface area contributed by atoms with Crippen LogP contribution in [-0.4, -0.2) is 11.5 Å². The van der Waals surface area contributed by atoms with E-state index in [0.29, 0.717) is 5.13 Å². The molecule has 5 heteroatoms. The van der Waals surface area contributed by atoms with Crippen LogP contribution in [0.15, 0.2) is 24.4 Å². The first-order valence-corrected chi connectivity index (χ1v) is 6.27. The number of nitrogen functional groups attached to an aromatic ring is 1. The topological polar surface area (TPSA) is 42.1 Å². The second-order valence-corrected chi connectivity index (χ2v) is 5.26. The molecular weight excluding hydrogens is 237 g/mol. The van der Waals surface area contributed by atoms with Gasteiger partial charge in [-0.2, -0.15) is 0 Å². The number of anilines is 2. The van der Waals surface area contributed by atoms with Gasteiger partial charge in [0.15, 0.2) is 5.13 Å². The third kappa shape index (κ3) is 1.98. The van der Waals surface area contributed by atoms with Crippen LogP contribution in [0.25, 0.3) is 0 Å². The zero-order valence-electron chi connectivity index (χ0n) is 9.19. The maximum absolute atomic E-state index is 13.1. The van der Waals surface area contributed by atoms with Gasteiger partial charge in [0.2, 0.25) is 0 Å². The van der Waals surface area contributed by atoms with Crippen molar-refractivity contribution < 1.29 is 4.39 Å². The Kier molecular flexibility index (Phi) is 2.48. The van der Waals surface area contributed by atoms with E-state index >= 15 is 0 Å². The molecule has 0 bridgehead atoms. The van der Waals surface area contributed by atoms with Crippen LogP contribution in [0.5, 0.6) is 0 Å². The van der Waals surface area contributed by atoms with Crippen LogP contribution in [0, 0.1) is 5.82 Å². The molecule has 1 aromatic carbocycles. The Morgan fingerprint density at radius 3 is 3.12 bits per heavy atom. The molecule has 1 aromatic heterocycles. The van der Waals surface area contributed by atoms with Gasteiger partial charge in [0.1, 0.15) is 5.82 Å². The molecule has 88 valence electrons. The van der Waals surface area contributed by atoms with Crippen molar-refractivity contribution in [2.24, 2.45) is 0 Å². The van der Waals surface area contributed by atoms with Crippen molar-refractivity contribution in [2.75, 3.05) is 17.2 Å². The highest BCUT2D eigenvalue weighted by molar-refractivity contribution is 7.15. The minimum absolute atomic E-state index is 0.160. The predicted molar refractivity (Wildman–Crippen MR) is 67.7 cm³/mol. The summed E-state index contributed by atoms with van der Waals surface area (Å²) < 4.78 is 13.1. The Hall–Kier alpha value is -1.62. The first-order chi connectivity index (χ1) is 8.22. The molecule has 2 aromatic rings. The van der Waals surface area contributed by atoms with Crippen LogP contribution in [0.1, 0.15) is 10.4 Å². The van der Waals surface area contributed by atoms with Crippen molar-refractivity contribution >= 4 is 22.2 Å². The number of rotatable bonds is 2. The maximum atomic E-state index is 13.1. The highest BCUT2D eigenvalue weighted by atomic mass is 32.1. The molecule has 2 N–H and O–H groups in total. The molecule has 0 aliphatic carbocycles. The van der Waals surface area contributed by atoms with E-state index in [1.54, 1.807) is 6.07 Å². The minimum Gasteiger partial charge on any atom is -0.375 e. The summed E-state index contributed by atoms with van der Waals surface area (Å²) in [7, 11) is 0.